The van der Waals surface area contributed by atoms with Gasteiger partial charge in [-0.1, -0.05) is 13.3 Å². The van der Waals surface area contributed by atoms with Gasteiger partial charge in [0, 0.05) is 30.1 Å². The van der Waals surface area contributed by atoms with Crippen molar-refractivity contribution < 1.29 is 4.79 Å². The molecule has 6 heteroatoms. The predicted molar refractivity (Wildman–Crippen MR) is 97.2 cm³/mol. The number of hydrogen-bond acceptors (Lipinski definition) is 4. The van der Waals surface area contributed by atoms with Crippen molar-refractivity contribution in [3.63, 3.8) is 0 Å². The van der Waals surface area contributed by atoms with E-state index in [4.69, 9.17) is 0 Å². The van der Waals surface area contributed by atoms with Gasteiger partial charge in [0.25, 0.3) is 0 Å². The van der Waals surface area contributed by atoms with Gasteiger partial charge in [0.15, 0.2) is 5.82 Å². The summed E-state index contributed by atoms with van der Waals surface area (Å²) in [6.07, 6.45) is 4.63. The van der Waals surface area contributed by atoms with E-state index in [0.29, 0.717) is 5.92 Å². The van der Waals surface area contributed by atoms with Crippen LogP contribution in [0.4, 0.5) is 5.69 Å². The zero-order valence-electron chi connectivity index (χ0n) is 14.7. The third-order valence-electron chi connectivity index (χ3n) is 5.45. The van der Waals surface area contributed by atoms with Crippen molar-refractivity contribution in [1.29, 1.82) is 0 Å². The zero-order chi connectivity index (χ0) is 17.2. The predicted octanol–water partition coefficient (Wildman–Crippen LogP) is 2.47. The van der Waals surface area contributed by atoms with E-state index < -0.39 is 0 Å². The van der Waals surface area contributed by atoms with Crippen LogP contribution in [0, 0.1) is 11.8 Å². The van der Waals surface area contributed by atoms with E-state index in [9.17, 15) is 4.79 Å². The van der Waals surface area contributed by atoms with Gasteiger partial charge in [-0.2, -0.15) is 0 Å². The molecule has 1 atom stereocenters. The third kappa shape index (κ3) is 3.31. The molecule has 0 spiro atoms. The Balaban J connectivity index is 1.47. The first kappa shape index (κ1) is 16.3. The molecule has 1 aromatic heterocycles. The van der Waals surface area contributed by atoms with Crippen molar-refractivity contribution in [1.82, 2.24) is 20.1 Å². The Bertz CT molecular complexity index is 748. The Morgan fingerprint density at radius 3 is 2.72 bits per heavy atom. The van der Waals surface area contributed by atoms with Gasteiger partial charge in [0.05, 0.1) is 0 Å². The summed E-state index contributed by atoms with van der Waals surface area (Å²) in [6.45, 7) is 4.86. The molecular weight excluding hydrogens is 314 g/mol. The van der Waals surface area contributed by atoms with E-state index in [1.165, 1.54) is 19.3 Å². The second-order valence-electron chi connectivity index (χ2n) is 7.18. The normalized spacial score (nSPS) is 18.8. The van der Waals surface area contributed by atoms with Crippen molar-refractivity contribution >= 4 is 11.6 Å². The number of amides is 1. The number of nitrogens with zero attached hydrogens (tertiary/aromatic N) is 3. The molecule has 0 radical (unpaired) electrons. The molecule has 6 nitrogen and oxygen atoms in total. The fourth-order valence-electron chi connectivity index (χ4n) is 3.54. The van der Waals surface area contributed by atoms with Gasteiger partial charge >= 0.3 is 0 Å². The first-order valence-corrected chi connectivity index (χ1v) is 9.26. The highest BCUT2D eigenvalue weighted by Crippen LogP contribution is 2.24. The van der Waals surface area contributed by atoms with Gasteiger partial charge in [0.2, 0.25) is 5.91 Å². The summed E-state index contributed by atoms with van der Waals surface area (Å²) in [5.41, 5.74) is 1.89. The van der Waals surface area contributed by atoms with Crippen LogP contribution in [0.2, 0.25) is 0 Å². The molecule has 1 aromatic carbocycles. The number of nitrogens with one attached hydrogen (secondary N) is 2. The standard InChI is InChI=1S/C19H25N5O/c1-13(15-11-20-12-15)19(25)21-16-8-6-14(7-9-16)18-23-22-17-5-3-2-4-10-24(17)18/h6-9,13,15,20H,2-5,10-12H2,1H3,(H,21,25). The Hall–Kier alpha value is -2.21. The van der Waals surface area contributed by atoms with Crippen LogP contribution in [0.3, 0.4) is 0 Å². The van der Waals surface area contributed by atoms with Gasteiger partial charge in [0.1, 0.15) is 5.82 Å². The van der Waals surface area contributed by atoms with Crippen LogP contribution in [0.25, 0.3) is 11.4 Å². The molecule has 0 aliphatic carbocycles. The summed E-state index contributed by atoms with van der Waals surface area (Å²) in [4.78, 5) is 12.3. The van der Waals surface area contributed by atoms with Crippen LogP contribution in [-0.4, -0.2) is 33.8 Å². The number of aromatic nitrogens is 3. The topological polar surface area (TPSA) is 71.8 Å². The van der Waals surface area contributed by atoms with Crippen molar-refractivity contribution in [3.8, 4) is 11.4 Å². The van der Waals surface area contributed by atoms with Crippen LogP contribution in [0.1, 0.15) is 32.0 Å². The second kappa shape index (κ2) is 6.96. The molecule has 25 heavy (non-hydrogen) atoms. The van der Waals surface area contributed by atoms with Crippen molar-refractivity contribution in [3.05, 3.63) is 30.1 Å². The molecule has 4 rings (SSSR count). The molecule has 2 N–H and O–H groups in total. The van der Waals surface area contributed by atoms with Crippen LogP contribution in [-0.2, 0) is 17.8 Å². The number of rotatable bonds is 4. The number of anilines is 1. The molecule has 3 heterocycles. The lowest BCUT2D eigenvalue weighted by Gasteiger charge is -2.31. The average Bonchev–Trinajstić information content (AvgIpc) is 2.82. The first-order valence-electron chi connectivity index (χ1n) is 9.26. The highest BCUT2D eigenvalue weighted by atomic mass is 16.1. The molecule has 1 fully saturated rings. The van der Waals surface area contributed by atoms with Crippen LogP contribution in [0.15, 0.2) is 24.3 Å². The third-order valence-corrected chi connectivity index (χ3v) is 5.45. The number of benzene rings is 1. The van der Waals surface area contributed by atoms with Gasteiger partial charge in [-0.25, -0.2) is 0 Å². The fourth-order valence-corrected chi connectivity index (χ4v) is 3.54. The number of fused-ring (bicyclic) bond motifs is 1. The minimum atomic E-state index is 0.0354. The second-order valence-corrected chi connectivity index (χ2v) is 7.18. The van der Waals surface area contributed by atoms with Gasteiger partial charge in [-0.3, -0.25) is 4.79 Å². The molecule has 1 unspecified atom stereocenters. The number of carbonyl (C=O) groups is 1. The zero-order valence-corrected chi connectivity index (χ0v) is 14.7. The van der Waals surface area contributed by atoms with E-state index in [1.54, 1.807) is 0 Å². The first-order chi connectivity index (χ1) is 12.2. The average molecular weight is 339 g/mol. The molecule has 2 aliphatic rings. The van der Waals surface area contributed by atoms with Crippen molar-refractivity contribution in [2.45, 2.75) is 39.2 Å². The molecule has 0 saturated carbocycles. The summed E-state index contributed by atoms with van der Waals surface area (Å²) < 4.78 is 2.24. The molecule has 132 valence electrons. The number of hydrogen-bond donors (Lipinski definition) is 2. The number of carbonyl (C=O) groups excluding carboxylic acids is 1. The highest BCUT2D eigenvalue weighted by Gasteiger charge is 2.28. The molecule has 2 aliphatic heterocycles. The van der Waals surface area contributed by atoms with E-state index in [1.807, 2.05) is 31.2 Å². The Morgan fingerprint density at radius 2 is 2.00 bits per heavy atom. The van der Waals surface area contributed by atoms with Crippen molar-refractivity contribution in [2.75, 3.05) is 18.4 Å². The summed E-state index contributed by atoms with van der Waals surface area (Å²) in [5, 5.41) is 15.0. The summed E-state index contributed by atoms with van der Waals surface area (Å²) >= 11 is 0. The van der Waals surface area contributed by atoms with Crippen LogP contribution < -0.4 is 10.6 Å². The van der Waals surface area contributed by atoms with Gasteiger partial charge < -0.3 is 15.2 Å². The molecular formula is C19H25N5O. The Labute approximate surface area is 148 Å². The lowest BCUT2D eigenvalue weighted by Crippen LogP contribution is -2.48. The molecule has 1 saturated heterocycles. The maximum Gasteiger partial charge on any atom is 0.227 e. The Kier molecular flexibility index (Phi) is 4.53. The largest absolute Gasteiger partial charge is 0.326 e. The molecule has 0 bridgehead atoms. The lowest BCUT2D eigenvalue weighted by atomic mass is 9.88. The number of aryl methyl sites for hydroxylation is 1. The van der Waals surface area contributed by atoms with E-state index in [-0.39, 0.29) is 11.8 Å². The summed E-state index contributed by atoms with van der Waals surface area (Å²) in [7, 11) is 0. The highest BCUT2D eigenvalue weighted by molar-refractivity contribution is 5.92. The summed E-state index contributed by atoms with van der Waals surface area (Å²) in [5.74, 6) is 2.60. The lowest BCUT2D eigenvalue weighted by molar-refractivity contribution is -0.121. The fraction of sp³-hybridized carbons (Fsp3) is 0.526. The van der Waals surface area contributed by atoms with Gasteiger partial charge in [-0.15, -0.1) is 10.2 Å². The SMILES string of the molecule is CC(C(=O)Nc1ccc(-c2nnc3n2CCCCC3)cc1)C1CNC1. The summed E-state index contributed by atoms with van der Waals surface area (Å²) in [6, 6.07) is 7.95. The Morgan fingerprint density at radius 1 is 1.20 bits per heavy atom. The molecule has 2 aromatic rings. The van der Waals surface area contributed by atoms with Gasteiger partial charge in [-0.05, 0) is 56.1 Å². The molecule has 1 amide bonds. The smallest absolute Gasteiger partial charge is 0.227 e. The maximum absolute atomic E-state index is 12.3. The van der Waals surface area contributed by atoms with E-state index >= 15 is 0 Å². The monoisotopic (exact) mass is 339 g/mol. The maximum atomic E-state index is 12.3. The van der Waals surface area contributed by atoms with Crippen molar-refractivity contribution in [2.24, 2.45) is 11.8 Å². The minimum Gasteiger partial charge on any atom is -0.326 e. The van der Waals surface area contributed by atoms with Crippen LogP contribution >= 0.6 is 0 Å². The van der Waals surface area contributed by atoms with Crippen LogP contribution in [0.5, 0.6) is 0 Å². The van der Waals surface area contributed by atoms with E-state index in [0.717, 1.165) is 49.0 Å². The quantitative estimate of drug-likeness (QED) is 0.898. The van der Waals surface area contributed by atoms with E-state index in [2.05, 4.69) is 25.4 Å². The minimum absolute atomic E-state index is 0.0354.